The van der Waals surface area contributed by atoms with Crippen molar-refractivity contribution >= 4 is 22.9 Å². The van der Waals surface area contributed by atoms with Crippen molar-refractivity contribution in [1.82, 2.24) is 9.88 Å². The molecule has 1 heterocycles. The van der Waals surface area contributed by atoms with E-state index in [4.69, 9.17) is 11.6 Å². The van der Waals surface area contributed by atoms with E-state index < -0.39 is 0 Å². The molecule has 0 radical (unpaired) electrons. The highest BCUT2D eigenvalue weighted by atomic mass is 35.5. The van der Waals surface area contributed by atoms with Crippen molar-refractivity contribution in [3.63, 3.8) is 0 Å². The third-order valence-corrected chi connectivity index (χ3v) is 4.55. The average Bonchev–Trinajstić information content (AvgIpc) is 2.94. The molecule has 2 rings (SSSR count). The van der Waals surface area contributed by atoms with E-state index in [-0.39, 0.29) is 5.82 Å². The highest BCUT2D eigenvalue weighted by Gasteiger charge is 2.05. The van der Waals surface area contributed by atoms with Crippen molar-refractivity contribution in [3.8, 4) is 0 Å². The monoisotopic (exact) mass is 326 g/mol. The van der Waals surface area contributed by atoms with Gasteiger partial charge in [-0.1, -0.05) is 18.2 Å². The van der Waals surface area contributed by atoms with E-state index >= 15 is 0 Å². The Bertz CT molecular complexity index is 559. The van der Waals surface area contributed by atoms with Crippen LogP contribution in [0.1, 0.15) is 29.1 Å². The molecule has 5 heteroatoms. The lowest BCUT2D eigenvalue weighted by Gasteiger charge is -2.16. The second kappa shape index (κ2) is 8.47. The third kappa shape index (κ3) is 5.38. The molecule has 2 nitrogen and oxygen atoms in total. The van der Waals surface area contributed by atoms with Gasteiger partial charge in [0.15, 0.2) is 0 Å². The highest BCUT2D eigenvalue weighted by molar-refractivity contribution is 7.09. The first-order chi connectivity index (χ1) is 10.2. The molecule has 2 aromatic rings. The zero-order valence-electron chi connectivity index (χ0n) is 12.2. The molecule has 0 bridgehead atoms. The van der Waals surface area contributed by atoms with Gasteiger partial charge in [0.2, 0.25) is 0 Å². The summed E-state index contributed by atoms with van der Waals surface area (Å²) in [6, 6.07) is 6.96. The number of alkyl halides is 1. The third-order valence-electron chi connectivity index (χ3n) is 3.31. The summed E-state index contributed by atoms with van der Waals surface area (Å²) >= 11 is 7.42. The first-order valence-electron chi connectivity index (χ1n) is 7.10. The van der Waals surface area contributed by atoms with Crippen molar-refractivity contribution in [2.24, 2.45) is 0 Å². The number of hydrogen-bond donors (Lipinski definition) is 0. The quantitative estimate of drug-likeness (QED) is 0.525. The van der Waals surface area contributed by atoms with Crippen LogP contribution in [0, 0.1) is 5.82 Å². The van der Waals surface area contributed by atoms with Gasteiger partial charge in [0.05, 0.1) is 16.6 Å². The summed E-state index contributed by atoms with van der Waals surface area (Å²) in [5.74, 6) is 0.364. The smallest absolute Gasteiger partial charge is 0.127 e. The summed E-state index contributed by atoms with van der Waals surface area (Å²) in [5, 5.41) is 3.18. The number of unbranched alkanes of at least 4 members (excludes halogenated alkanes) is 1. The van der Waals surface area contributed by atoms with Crippen LogP contribution >= 0.6 is 22.9 Å². The van der Waals surface area contributed by atoms with Crippen LogP contribution in [0.15, 0.2) is 29.6 Å². The van der Waals surface area contributed by atoms with Gasteiger partial charge >= 0.3 is 0 Å². The lowest BCUT2D eigenvalue weighted by atomic mass is 10.2. The molecule has 0 aliphatic rings. The molecule has 0 saturated carbocycles. The van der Waals surface area contributed by atoms with Gasteiger partial charge in [-0.15, -0.1) is 22.9 Å². The first-order valence-corrected chi connectivity index (χ1v) is 8.51. The molecule has 0 N–H and O–H groups in total. The predicted molar refractivity (Wildman–Crippen MR) is 87.3 cm³/mol. The molecule has 0 fully saturated rings. The summed E-state index contributed by atoms with van der Waals surface area (Å²) in [7, 11) is 2.03. The first kappa shape index (κ1) is 16.4. The van der Waals surface area contributed by atoms with Crippen LogP contribution < -0.4 is 0 Å². The molecule has 1 aromatic carbocycles. The molecule has 21 heavy (non-hydrogen) atoms. The highest BCUT2D eigenvalue weighted by Crippen LogP contribution is 2.14. The van der Waals surface area contributed by atoms with Gasteiger partial charge in [0.25, 0.3) is 0 Å². The topological polar surface area (TPSA) is 16.1 Å². The molecule has 114 valence electrons. The van der Waals surface area contributed by atoms with E-state index in [9.17, 15) is 4.39 Å². The Balaban J connectivity index is 1.67. The van der Waals surface area contributed by atoms with Crippen LogP contribution in [-0.2, 0) is 18.8 Å². The van der Waals surface area contributed by atoms with Crippen LogP contribution in [0.3, 0.4) is 0 Å². The molecule has 0 amide bonds. The Morgan fingerprint density at radius 3 is 2.81 bits per heavy atom. The summed E-state index contributed by atoms with van der Waals surface area (Å²) in [6.07, 6.45) is 3.17. The van der Waals surface area contributed by atoms with E-state index in [1.165, 1.54) is 6.07 Å². The second-order valence-electron chi connectivity index (χ2n) is 5.15. The van der Waals surface area contributed by atoms with Gasteiger partial charge in [0.1, 0.15) is 5.82 Å². The summed E-state index contributed by atoms with van der Waals surface area (Å²) in [5.41, 5.74) is 1.72. The van der Waals surface area contributed by atoms with E-state index in [0.717, 1.165) is 42.1 Å². The Morgan fingerprint density at radius 2 is 2.10 bits per heavy atom. The zero-order valence-corrected chi connectivity index (χ0v) is 13.8. The average molecular weight is 327 g/mol. The molecule has 0 saturated heterocycles. The van der Waals surface area contributed by atoms with E-state index in [0.29, 0.717) is 12.4 Å². The normalized spacial score (nSPS) is 11.2. The van der Waals surface area contributed by atoms with Crippen molar-refractivity contribution in [2.75, 3.05) is 13.6 Å². The molecule has 0 atom stereocenters. The number of rotatable bonds is 8. The molecular weight excluding hydrogens is 307 g/mol. The second-order valence-corrected chi connectivity index (χ2v) is 6.36. The number of nitrogens with zero attached hydrogens (tertiary/aromatic N) is 2. The Kier molecular flexibility index (Phi) is 6.61. The number of aryl methyl sites for hydroxylation is 1. The van der Waals surface area contributed by atoms with E-state index in [2.05, 4.69) is 9.88 Å². The van der Waals surface area contributed by atoms with Gasteiger partial charge in [0, 0.05) is 17.5 Å². The molecule has 0 spiro atoms. The van der Waals surface area contributed by atoms with Crippen LogP contribution in [0.5, 0.6) is 0 Å². The molecule has 0 aliphatic carbocycles. The fourth-order valence-corrected chi connectivity index (χ4v) is 3.25. The van der Waals surface area contributed by atoms with Crippen LogP contribution in [0.25, 0.3) is 0 Å². The van der Waals surface area contributed by atoms with Crippen molar-refractivity contribution in [2.45, 2.75) is 31.7 Å². The van der Waals surface area contributed by atoms with Crippen molar-refractivity contribution in [1.29, 1.82) is 0 Å². The van der Waals surface area contributed by atoms with Crippen molar-refractivity contribution < 1.29 is 4.39 Å². The largest absolute Gasteiger partial charge is 0.302 e. The van der Waals surface area contributed by atoms with Crippen molar-refractivity contribution in [3.05, 3.63) is 51.7 Å². The van der Waals surface area contributed by atoms with E-state index in [1.807, 2.05) is 24.6 Å². The summed E-state index contributed by atoms with van der Waals surface area (Å²) in [4.78, 5) is 6.61. The lowest BCUT2D eigenvalue weighted by Crippen LogP contribution is -2.19. The Hall–Kier alpha value is -0.970. The molecule has 1 aromatic heterocycles. The maximum absolute atomic E-state index is 13.6. The minimum Gasteiger partial charge on any atom is -0.302 e. The molecule has 0 aliphatic heterocycles. The predicted octanol–water partition coefficient (Wildman–Crippen LogP) is 4.48. The number of benzene rings is 1. The number of thiazole rings is 1. The lowest BCUT2D eigenvalue weighted by molar-refractivity contribution is 0.313. The fraction of sp³-hybridized carbons (Fsp3) is 0.438. The maximum Gasteiger partial charge on any atom is 0.127 e. The maximum atomic E-state index is 13.6. The van der Waals surface area contributed by atoms with Gasteiger partial charge in [-0.3, -0.25) is 0 Å². The number of halogens is 2. The Labute approximate surface area is 134 Å². The van der Waals surface area contributed by atoms with Crippen LogP contribution in [0.2, 0.25) is 0 Å². The minimum absolute atomic E-state index is 0.124. The standard InChI is InChI=1S/C16H20ClFN2S/c1-20(11-13-6-2-3-7-15(13)18)9-5-4-8-16-19-14(10-17)12-21-16/h2-3,6-7,12H,4-5,8-11H2,1H3. The molecule has 0 unspecified atom stereocenters. The van der Waals surface area contributed by atoms with Gasteiger partial charge in [-0.25, -0.2) is 9.37 Å². The van der Waals surface area contributed by atoms with Gasteiger partial charge in [-0.2, -0.15) is 0 Å². The van der Waals surface area contributed by atoms with Crippen LogP contribution in [0.4, 0.5) is 4.39 Å². The Morgan fingerprint density at radius 1 is 1.29 bits per heavy atom. The number of aromatic nitrogens is 1. The summed E-state index contributed by atoms with van der Waals surface area (Å²) < 4.78 is 13.6. The number of hydrogen-bond acceptors (Lipinski definition) is 3. The van der Waals surface area contributed by atoms with Crippen LogP contribution in [-0.4, -0.2) is 23.5 Å². The summed E-state index contributed by atoms with van der Waals surface area (Å²) in [6.45, 7) is 1.61. The fourth-order valence-electron chi connectivity index (χ4n) is 2.18. The SMILES string of the molecule is CN(CCCCc1nc(CCl)cs1)Cc1ccccc1F. The van der Waals surface area contributed by atoms with Gasteiger partial charge in [-0.05, 0) is 38.9 Å². The minimum atomic E-state index is -0.124. The zero-order chi connectivity index (χ0) is 15.1. The molecular formula is C16H20ClFN2S. The van der Waals surface area contributed by atoms with Gasteiger partial charge < -0.3 is 4.90 Å². The van der Waals surface area contributed by atoms with E-state index in [1.54, 1.807) is 17.4 Å².